The van der Waals surface area contributed by atoms with Crippen molar-refractivity contribution in [3.63, 3.8) is 0 Å². The number of hydrogen-bond donors (Lipinski definition) is 2. The third kappa shape index (κ3) is 5.16. The molecule has 0 spiro atoms. The van der Waals surface area contributed by atoms with Gasteiger partial charge in [-0.1, -0.05) is 19.1 Å². The second-order valence-corrected chi connectivity index (χ2v) is 6.73. The summed E-state index contributed by atoms with van der Waals surface area (Å²) in [6.45, 7) is 5.87. The molecule has 7 heteroatoms. The molecule has 0 radical (unpaired) electrons. The van der Waals surface area contributed by atoms with Crippen LogP contribution in [-0.2, 0) is 22.5 Å². The molecule has 0 aliphatic carbocycles. The summed E-state index contributed by atoms with van der Waals surface area (Å²) >= 11 is 1.37. The molecule has 2 aromatic rings. The molecular weight excluding hydrogens is 352 g/mol. The number of ether oxygens (including phenoxy) is 1. The summed E-state index contributed by atoms with van der Waals surface area (Å²) in [5, 5.41) is 5.99. The second-order valence-electron chi connectivity index (χ2n) is 5.59. The summed E-state index contributed by atoms with van der Waals surface area (Å²) in [5.74, 6) is -0.849. The molecule has 2 rings (SSSR count). The van der Waals surface area contributed by atoms with Crippen LogP contribution in [0.5, 0.6) is 0 Å². The van der Waals surface area contributed by atoms with Gasteiger partial charge in [0.25, 0.3) is 5.91 Å². The zero-order valence-electron chi connectivity index (χ0n) is 15.0. The Kier molecular flexibility index (Phi) is 6.91. The van der Waals surface area contributed by atoms with E-state index in [4.69, 9.17) is 4.74 Å². The van der Waals surface area contributed by atoms with Gasteiger partial charge >= 0.3 is 5.97 Å². The summed E-state index contributed by atoms with van der Waals surface area (Å²) < 4.78 is 5.06. The number of esters is 1. The molecule has 0 atom stereocenters. The first-order valence-corrected chi connectivity index (χ1v) is 9.20. The lowest BCUT2D eigenvalue weighted by atomic mass is 10.1. The van der Waals surface area contributed by atoms with Crippen LogP contribution in [0.4, 0.5) is 5.00 Å². The van der Waals surface area contributed by atoms with E-state index in [9.17, 15) is 14.4 Å². The molecule has 0 aliphatic rings. The van der Waals surface area contributed by atoms with Crippen molar-refractivity contribution >= 4 is 34.1 Å². The number of anilines is 1. The van der Waals surface area contributed by atoms with Crippen molar-refractivity contribution in [2.75, 3.05) is 11.9 Å². The highest BCUT2D eigenvalue weighted by atomic mass is 32.1. The number of hydrogen-bond acceptors (Lipinski definition) is 5. The van der Waals surface area contributed by atoms with Crippen LogP contribution in [-0.4, -0.2) is 24.4 Å². The quantitative estimate of drug-likeness (QED) is 0.728. The largest absolute Gasteiger partial charge is 0.462 e. The van der Waals surface area contributed by atoms with E-state index in [1.807, 2.05) is 6.92 Å². The van der Waals surface area contributed by atoms with Crippen LogP contribution in [0.3, 0.4) is 0 Å². The van der Waals surface area contributed by atoms with Gasteiger partial charge in [0.1, 0.15) is 5.00 Å². The monoisotopic (exact) mass is 374 g/mol. The van der Waals surface area contributed by atoms with Gasteiger partial charge in [-0.25, -0.2) is 4.79 Å². The third-order valence-electron chi connectivity index (χ3n) is 3.61. The number of carbonyl (C=O) groups excluding carboxylic acids is 3. The van der Waals surface area contributed by atoms with E-state index in [1.54, 1.807) is 37.3 Å². The number of nitrogens with one attached hydrogen (secondary N) is 2. The van der Waals surface area contributed by atoms with Gasteiger partial charge in [-0.05, 0) is 37.1 Å². The fourth-order valence-electron chi connectivity index (χ4n) is 2.25. The van der Waals surface area contributed by atoms with Crippen molar-refractivity contribution in [2.24, 2.45) is 0 Å². The first-order valence-electron chi connectivity index (χ1n) is 8.39. The Balaban J connectivity index is 2.12. The minimum atomic E-state index is -0.440. The van der Waals surface area contributed by atoms with Gasteiger partial charge in [0.15, 0.2) is 0 Å². The molecule has 6 nitrogen and oxygen atoms in total. The van der Waals surface area contributed by atoms with Gasteiger partial charge in [-0.15, -0.1) is 11.3 Å². The molecular formula is C19H22N2O4S. The number of rotatable bonds is 7. The highest BCUT2D eigenvalue weighted by Crippen LogP contribution is 2.29. The van der Waals surface area contributed by atoms with Crippen LogP contribution in [0.2, 0.25) is 0 Å². The average molecular weight is 374 g/mol. The molecule has 1 aromatic carbocycles. The van der Waals surface area contributed by atoms with Crippen molar-refractivity contribution in [1.29, 1.82) is 0 Å². The lowest BCUT2D eigenvalue weighted by Crippen LogP contribution is -2.19. The van der Waals surface area contributed by atoms with Crippen molar-refractivity contribution in [3.05, 3.63) is 51.9 Å². The molecule has 0 aliphatic heterocycles. The maximum Gasteiger partial charge on any atom is 0.341 e. The van der Waals surface area contributed by atoms with E-state index in [2.05, 4.69) is 10.6 Å². The number of carbonyl (C=O) groups is 3. The van der Waals surface area contributed by atoms with Gasteiger partial charge in [0.05, 0.1) is 12.2 Å². The van der Waals surface area contributed by atoms with Gasteiger partial charge in [0, 0.05) is 23.9 Å². The SMILES string of the molecule is CCOC(=O)c1cc(CC)sc1NC(=O)c1ccc(CNC(C)=O)cc1. The van der Waals surface area contributed by atoms with E-state index in [0.29, 0.717) is 22.7 Å². The number of amides is 2. The molecule has 0 fully saturated rings. The predicted octanol–water partition coefficient (Wildman–Crippen LogP) is 3.38. The van der Waals surface area contributed by atoms with Crippen LogP contribution < -0.4 is 10.6 Å². The topological polar surface area (TPSA) is 84.5 Å². The maximum atomic E-state index is 12.5. The lowest BCUT2D eigenvalue weighted by molar-refractivity contribution is -0.119. The van der Waals surface area contributed by atoms with Crippen molar-refractivity contribution in [3.8, 4) is 0 Å². The lowest BCUT2D eigenvalue weighted by Gasteiger charge is -2.07. The smallest absolute Gasteiger partial charge is 0.341 e. The first-order chi connectivity index (χ1) is 12.4. The van der Waals surface area contributed by atoms with E-state index < -0.39 is 5.97 Å². The van der Waals surface area contributed by atoms with E-state index in [1.165, 1.54) is 18.3 Å². The Bertz CT molecular complexity index is 796. The van der Waals surface area contributed by atoms with Crippen LogP contribution in [0.1, 0.15) is 51.9 Å². The maximum absolute atomic E-state index is 12.5. The minimum absolute atomic E-state index is 0.109. The molecule has 26 heavy (non-hydrogen) atoms. The minimum Gasteiger partial charge on any atom is -0.462 e. The zero-order chi connectivity index (χ0) is 19.1. The molecule has 1 aromatic heterocycles. The first kappa shape index (κ1) is 19.7. The Morgan fingerprint density at radius 1 is 1.12 bits per heavy atom. The van der Waals surface area contributed by atoms with Gasteiger partial charge < -0.3 is 15.4 Å². The van der Waals surface area contributed by atoms with Gasteiger partial charge in [0.2, 0.25) is 5.91 Å². The van der Waals surface area contributed by atoms with Crippen molar-refractivity contribution in [1.82, 2.24) is 5.32 Å². The number of aryl methyl sites for hydroxylation is 1. The molecule has 2 amide bonds. The predicted molar refractivity (Wildman–Crippen MR) is 102 cm³/mol. The molecule has 138 valence electrons. The van der Waals surface area contributed by atoms with Crippen molar-refractivity contribution in [2.45, 2.75) is 33.7 Å². The third-order valence-corrected chi connectivity index (χ3v) is 4.81. The van der Waals surface area contributed by atoms with E-state index in [-0.39, 0.29) is 18.4 Å². The Morgan fingerprint density at radius 3 is 2.38 bits per heavy atom. The standard InChI is InChI=1S/C19H22N2O4S/c1-4-15-10-16(19(24)25-5-2)18(26-15)21-17(23)14-8-6-13(7-9-14)11-20-12(3)22/h6-10H,4-5,11H2,1-3H3,(H,20,22)(H,21,23). The highest BCUT2D eigenvalue weighted by Gasteiger charge is 2.19. The van der Waals surface area contributed by atoms with Gasteiger partial charge in [-0.2, -0.15) is 0 Å². The summed E-state index contributed by atoms with van der Waals surface area (Å²) in [6.07, 6.45) is 0.769. The van der Waals surface area contributed by atoms with Crippen LogP contribution in [0.15, 0.2) is 30.3 Å². The fourth-order valence-corrected chi connectivity index (χ4v) is 3.22. The fraction of sp³-hybridized carbons (Fsp3) is 0.316. The summed E-state index contributed by atoms with van der Waals surface area (Å²) in [6, 6.07) is 8.69. The Hall–Kier alpha value is -2.67. The summed E-state index contributed by atoms with van der Waals surface area (Å²) in [5.41, 5.74) is 1.75. The van der Waals surface area contributed by atoms with Crippen molar-refractivity contribution < 1.29 is 19.1 Å². The number of benzene rings is 1. The normalized spacial score (nSPS) is 10.3. The average Bonchev–Trinajstić information content (AvgIpc) is 3.03. The van der Waals surface area contributed by atoms with Crippen LogP contribution in [0, 0.1) is 0 Å². The second kappa shape index (κ2) is 9.15. The number of thiophene rings is 1. The molecule has 0 unspecified atom stereocenters. The van der Waals surface area contributed by atoms with Gasteiger partial charge in [-0.3, -0.25) is 9.59 Å². The summed E-state index contributed by atoms with van der Waals surface area (Å²) in [7, 11) is 0. The highest BCUT2D eigenvalue weighted by molar-refractivity contribution is 7.16. The summed E-state index contributed by atoms with van der Waals surface area (Å²) in [4.78, 5) is 36.5. The van der Waals surface area contributed by atoms with Crippen LogP contribution in [0.25, 0.3) is 0 Å². The molecule has 0 saturated carbocycles. The Morgan fingerprint density at radius 2 is 1.81 bits per heavy atom. The molecule has 1 heterocycles. The molecule has 0 bridgehead atoms. The van der Waals surface area contributed by atoms with Crippen LogP contribution >= 0.6 is 11.3 Å². The van der Waals surface area contributed by atoms with E-state index in [0.717, 1.165) is 16.9 Å². The zero-order valence-corrected chi connectivity index (χ0v) is 15.9. The Labute approximate surface area is 156 Å². The van der Waals surface area contributed by atoms with E-state index >= 15 is 0 Å². The molecule has 0 saturated heterocycles. The molecule has 2 N–H and O–H groups in total.